The number of benzene rings is 2. The molecule has 0 aromatic heterocycles. The Kier molecular flexibility index (Phi) is 5.31. The van der Waals surface area contributed by atoms with Gasteiger partial charge in [-0.05, 0) is 49.7 Å². The minimum absolute atomic E-state index is 0.357. The van der Waals surface area contributed by atoms with E-state index < -0.39 is 17.8 Å². The van der Waals surface area contributed by atoms with E-state index in [1.54, 1.807) is 6.07 Å². The molecule has 2 rings (SSSR count). The Morgan fingerprint density at radius 3 is 2.08 bits per heavy atom. The van der Waals surface area contributed by atoms with Gasteiger partial charge in [-0.2, -0.15) is 0 Å². The van der Waals surface area contributed by atoms with Crippen LogP contribution in [0.2, 0.25) is 0 Å². The van der Waals surface area contributed by atoms with Gasteiger partial charge in [-0.1, -0.05) is 17.7 Å². The van der Waals surface area contributed by atoms with Crippen LogP contribution < -0.4 is 10.6 Å². The van der Waals surface area contributed by atoms with Crippen molar-refractivity contribution in [3.63, 3.8) is 0 Å². The van der Waals surface area contributed by atoms with Crippen molar-refractivity contribution in [1.29, 1.82) is 0 Å². The number of carbonyl (C=O) groups is 3. The second kappa shape index (κ2) is 7.41. The SMILES string of the molecule is COC(=O)c1ccc(NC(=O)C(=O)Nc2ccc(C)cc2C)cc1. The zero-order valence-electron chi connectivity index (χ0n) is 13.7. The molecule has 0 spiro atoms. The summed E-state index contributed by atoms with van der Waals surface area (Å²) in [6.45, 7) is 3.80. The van der Waals surface area contributed by atoms with Crippen LogP contribution in [0.25, 0.3) is 0 Å². The number of nitrogens with one attached hydrogen (secondary N) is 2. The van der Waals surface area contributed by atoms with E-state index in [-0.39, 0.29) is 0 Å². The average Bonchev–Trinajstić information content (AvgIpc) is 2.57. The number of methoxy groups -OCH3 is 1. The van der Waals surface area contributed by atoms with Gasteiger partial charge in [-0.15, -0.1) is 0 Å². The van der Waals surface area contributed by atoms with Crippen molar-refractivity contribution < 1.29 is 19.1 Å². The monoisotopic (exact) mass is 326 g/mol. The van der Waals surface area contributed by atoms with Gasteiger partial charge < -0.3 is 15.4 Å². The first-order valence-corrected chi connectivity index (χ1v) is 7.28. The fraction of sp³-hybridized carbons (Fsp3) is 0.167. The quantitative estimate of drug-likeness (QED) is 0.671. The summed E-state index contributed by atoms with van der Waals surface area (Å²) in [5.41, 5.74) is 3.29. The number of hydrogen-bond donors (Lipinski definition) is 2. The minimum atomic E-state index is -0.791. The number of hydrogen-bond acceptors (Lipinski definition) is 4. The Morgan fingerprint density at radius 2 is 1.50 bits per heavy atom. The fourth-order valence-electron chi connectivity index (χ4n) is 2.13. The van der Waals surface area contributed by atoms with Gasteiger partial charge in [0.15, 0.2) is 0 Å². The molecule has 0 fully saturated rings. The van der Waals surface area contributed by atoms with Crippen molar-refractivity contribution in [2.75, 3.05) is 17.7 Å². The van der Waals surface area contributed by atoms with Crippen LogP contribution in [0.1, 0.15) is 21.5 Å². The maximum atomic E-state index is 12.0. The summed E-state index contributed by atoms with van der Waals surface area (Å²) < 4.78 is 4.59. The highest BCUT2D eigenvalue weighted by Crippen LogP contribution is 2.16. The number of aryl methyl sites for hydroxylation is 2. The normalized spacial score (nSPS) is 9.96. The van der Waals surface area contributed by atoms with E-state index in [0.29, 0.717) is 16.9 Å². The maximum Gasteiger partial charge on any atom is 0.337 e. The van der Waals surface area contributed by atoms with E-state index in [0.717, 1.165) is 11.1 Å². The van der Waals surface area contributed by atoms with Crippen LogP contribution in [-0.2, 0) is 14.3 Å². The molecule has 0 heterocycles. The fourth-order valence-corrected chi connectivity index (χ4v) is 2.13. The summed E-state index contributed by atoms with van der Waals surface area (Å²) in [6, 6.07) is 11.6. The van der Waals surface area contributed by atoms with E-state index in [4.69, 9.17) is 0 Å². The largest absolute Gasteiger partial charge is 0.465 e. The van der Waals surface area contributed by atoms with Crippen LogP contribution in [0.4, 0.5) is 11.4 Å². The first kappa shape index (κ1) is 17.2. The third-order valence-corrected chi connectivity index (χ3v) is 3.40. The summed E-state index contributed by atoms with van der Waals surface area (Å²) in [5, 5.41) is 5.04. The van der Waals surface area contributed by atoms with Crippen molar-refractivity contribution in [3.05, 3.63) is 59.2 Å². The molecule has 2 aromatic rings. The van der Waals surface area contributed by atoms with Crippen LogP contribution in [0.5, 0.6) is 0 Å². The van der Waals surface area contributed by atoms with Gasteiger partial charge in [0.2, 0.25) is 0 Å². The molecule has 0 atom stereocenters. The van der Waals surface area contributed by atoms with E-state index in [2.05, 4.69) is 15.4 Å². The zero-order chi connectivity index (χ0) is 17.7. The second-order valence-electron chi connectivity index (χ2n) is 5.30. The molecule has 0 aliphatic heterocycles. The molecule has 24 heavy (non-hydrogen) atoms. The van der Waals surface area contributed by atoms with Crippen LogP contribution in [0, 0.1) is 13.8 Å². The number of amides is 2. The highest BCUT2D eigenvalue weighted by molar-refractivity contribution is 6.43. The molecule has 0 aliphatic carbocycles. The molecule has 0 saturated carbocycles. The molecule has 0 unspecified atom stereocenters. The zero-order valence-corrected chi connectivity index (χ0v) is 13.7. The van der Waals surface area contributed by atoms with Gasteiger partial charge >= 0.3 is 17.8 Å². The second-order valence-corrected chi connectivity index (χ2v) is 5.30. The van der Waals surface area contributed by atoms with Crippen molar-refractivity contribution in [3.8, 4) is 0 Å². The molecule has 124 valence electrons. The van der Waals surface area contributed by atoms with Crippen molar-refractivity contribution in [1.82, 2.24) is 0 Å². The molecule has 0 radical (unpaired) electrons. The summed E-state index contributed by atoms with van der Waals surface area (Å²) in [4.78, 5) is 35.3. The molecule has 2 aromatic carbocycles. The maximum absolute atomic E-state index is 12.0. The Labute approximate surface area is 139 Å². The first-order valence-electron chi connectivity index (χ1n) is 7.28. The van der Waals surface area contributed by atoms with Crippen LogP contribution in [0.15, 0.2) is 42.5 Å². The molecule has 2 N–H and O–H groups in total. The predicted molar refractivity (Wildman–Crippen MR) is 91.0 cm³/mol. The Balaban J connectivity index is 2.01. The minimum Gasteiger partial charge on any atom is -0.465 e. The highest BCUT2D eigenvalue weighted by Gasteiger charge is 2.15. The van der Waals surface area contributed by atoms with E-state index in [9.17, 15) is 14.4 Å². The summed E-state index contributed by atoms with van der Waals surface area (Å²) in [6.07, 6.45) is 0. The smallest absolute Gasteiger partial charge is 0.337 e. The van der Waals surface area contributed by atoms with Gasteiger partial charge in [-0.3, -0.25) is 9.59 Å². The topological polar surface area (TPSA) is 84.5 Å². The Hall–Kier alpha value is -3.15. The molecule has 2 amide bonds. The molecular weight excluding hydrogens is 308 g/mol. The van der Waals surface area contributed by atoms with Crippen molar-refractivity contribution in [2.24, 2.45) is 0 Å². The lowest BCUT2D eigenvalue weighted by atomic mass is 10.1. The average molecular weight is 326 g/mol. The summed E-state index contributed by atoms with van der Waals surface area (Å²) in [5.74, 6) is -2.03. The van der Waals surface area contributed by atoms with E-state index in [1.807, 2.05) is 26.0 Å². The number of anilines is 2. The van der Waals surface area contributed by atoms with E-state index in [1.165, 1.54) is 31.4 Å². The number of esters is 1. The van der Waals surface area contributed by atoms with Gasteiger partial charge in [0.25, 0.3) is 0 Å². The van der Waals surface area contributed by atoms with E-state index >= 15 is 0 Å². The van der Waals surface area contributed by atoms with Gasteiger partial charge in [0.1, 0.15) is 0 Å². The standard InChI is InChI=1S/C18H18N2O4/c1-11-4-9-15(12(2)10-11)20-17(22)16(21)19-14-7-5-13(6-8-14)18(23)24-3/h4-10H,1-3H3,(H,19,21)(H,20,22). The Bertz CT molecular complexity index is 782. The van der Waals surface area contributed by atoms with Crippen molar-refractivity contribution in [2.45, 2.75) is 13.8 Å². The first-order chi connectivity index (χ1) is 11.4. The van der Waals surface area contributed by atoms with Gasteiger partial charge in [0, 0.05) is 11.4 Å². The lowest BCUT2D eigenvalue weighted by molar-refractivity contribution is -0.133. The van der Waals surface area contributed by atoms with Crippen LogP contribution >= 0.6 is 0 Å². The number of carbonyl (C=O) groups excluding carboxylic acids is 3. The van der Waals surface area contributed by atoms with Crippen LogP contribution in [0.3, 0.4) is 0 Å². The van der Waals surface area contributed by atoms with Gasteiger partial charge in [-0.25, -0.2) is 4.79 Å². The number of ether oxygens (including phenoxy) is 1. The lowest BCUT2D eigenvalue weighted by Gasteiger charge is -2.09. The lowest BCUT2D eigenvalue weighted by Crippen LogP contribution is -2.29. The molecule has 6 heteroatoms. The summed E-state index contributed by atoms with van der Waals surface area (Å²) >= 11 is 0. The molecule has 6 nitrogen and oxygen atoms in total. The number of rotatable bonds is 3. The molecular formula is C18H18N2O4. The van der Waals surface area contributed by atoms with Gasteiger partial charge in [0.05, 0.1) is 12.7 Å². The summed E-state index contributed by atoms with van der Waals surface area (Å²) in [7, 11) is 1.29. The van der Waals surface area contributed by atoms with Crippen LogP contribution in [-0.4, -0.2) is 24.9 Å². The third kappa shape index (κ3) is 4.19. The molecule has 0 bridgehead atoms. The van der Waals surface area contributed by atoms with Crippen molar-refractivity contribution >= 4 is 29.2 Å². The third-order valence-electron chi connectivity index (χ3n) is 3.40. The predicted octanol–water partition coefficient (Wildman–Crippen LogP) is 2.67. The highest BCUT2D eigenvalue weighted by atomic mass is 16.5. The molecule has 0 saturated heterocycles. The molecule has 0 aliphatic rings. The Morgan fingerprint density at radius 1 is 0.875 bits per heavy atom.